The molecule has 0 bridgehead atoms. The number of rotatable bonds is 4. The lowest BCUT2D eigenvalue weighted by Gasteiger charge is -2.29. The Labute approximate surface area is 193 Å². The molecule has 3 aromatic rings. The molecule has 1 fully saturated rings. The first kappa shape index (κ1) is 22.9. The number of carbonyl (C=O) groups excluding carboxylic acids is 1. The highest BCUT2D eigenvalue weighted by Gasteiger charge is 2.32. The molecule has 32 heavy (non-hydrogen) atoms. The Balaban J connectivity index is 1.53. The second-order valence-electron chi connectivity index (χ2n) is 8.47. The second-order valence-corrected chi connectivity index (χ2v) is 11.4. The number of amides is 1. The number of benzene rings is 2. The molecule has 1 aromatic heterocycles. The van der Waals surface area contributed by atoms with E-state index in [2.05, 4.69) is 42.5 Å². The van der Waals surface area contributed by atoms with Crippen LogP contribution in [0, 0.1) is 26.7 Å². The van der Waals surface area contributed by atoms with Crippen molar-refractivity contribution < 1.29 is 13.2 Å². The zero-order valence-electron chi connectivity index (χ0n) is 19.0. The molecule has 0 spiro atoms. The summed E-state index contributed by atoms with van der Waals surface area (Å²) >= 11 is 1.54. The van der Waals surface area contributed by atoms with Crippen LogP contribution in [0.3, 0.4) is 0 Å². The third-order valence-corrected chi connectivity index (χ3v) is 9.24. The maximum absolute atomic E-state index is 13.0. The van der Waals surface area contributed by atoms with Crippen LogP contribution in [-0.2, 0) is 21.4 Å². The summed E-state index contributed by atoms with van der Waals surface area (Å²) in [5, 5.41) is 0. The molecule has 1 aliphatic heterocycles. The van der Waals surface area contributed by atoms with E-state index in [-0.39, 0.29) is 11.8 Å². The van der Waals surface area contributed by atoms with Crippen LogP contribution in [0.4, 0.5) is 0 Å². The van der Waals surface area contributed by atoms with Gasteiger partial charge in [0.1, 0.15) is 0 Å². The smallest absolute Gasteiger partial charge is 0.251 e. The van der Waals surface area contributed by atoms with Crippen molar-refractivity contribution in [1.29, 1.82) is 0 Å². The Morgan fingerprint density at radius 1 is 1.06 bits per heavy atom. The van der Waals surface area contributed by atoms with E-state index in [9.17, 15) is 13.2 Å². The van der Waals surface area contributed by atoms with Crippen LogP contribution in [0.2, 0.25) is 0 Å². The molecule has 0 radical (unpaired) electrons. The molecule has 1 saturated heterocycles. The van der Waals surface area contributed by atoms with Crippen LogP contribution in [-0.4, -0.2) is 36.3 Å². The Hall–Kier alpha value is -2.29. The molecule has 2 heterocycles. The minimum absolute atomic E-state index is 0.153. The predicted octanol–water partition coefficient (Wildman–Crippen LogP) is 4.18. The van der Waals surface area contributed by atoms with E-state index in [1.54, 1.807) is 24.3 Å². The Morgan fingerprint density at radius 2 is 1.69 bits per heavy atom. The van der Waals surface area contributed by atoms with Gasteiger partial charge < -0.3 is 4.57 Å². The van der Waals surface area contributed by atoms with Crippen LogP contribution >= 0.6 is 11.3 Å². The van der Waals surface area contributed by atoms with Gasteiger partial charge in [-0.1, -0.05) is 29.0 Å². The predicted molar refractivity (Wildman–Crippen MR) is 128 cm³/mol. The van der Waals surface area contributed by atoms with E-state index >= 15 is 0 Å². The summed E-state index contributed by atoms with van der Waals surface area (Å²) in [7, 11) is -3.53. The van der Waals surface area contributed by atoms with Gasteiger partial charge >= 0.3 is 0 Å². The number of aromatic nitrogens is 1. The molecule has 170 valence electrons. The molecule has 0 N–H and O–H groups in total. The van der Waals surface area contributed by atoms with Crippen LogP contribution in [0.5, 0.6) is 0 Å². The summed E-state index contributed by atoms with van der Waals surface area (Å²) in [5.74, 6) is -0.405. The number of thiazole rings is 1. The summed E-state index contributed by atoms with van der Waals surface area (Å²) in [4.78, 5) is 18.5. The largest absolute Gasteiger partial charge is 0.317 e. The average molecular weight is 472 g/mol. The van der Waals surface area contributed by atoms with Crippen molar-refractivity contribution in [3.05, 3.63) is 57.9 Å². The summed E-state index contributed by atoms with van der Waals surface area (Å²) in [6.45, 7) is 9.57. The fourth-order valence-corrected chi connectivity index (χ4v) is 6.75. The first-order chi connectivity index (χ1) is 15.2. The van der Waals surface area contributed by atoms with Gasteiger partial charge in [-0.3, -0.25) is 4.79 Å². The Kier molecular flexibility index (Phi) is 6.38. The third kappa shape index (κ3) is 4.31. The lowest BCUT2D eigenvalue weighted by molar-refractivity contribution is -0.122. The van der Waals surface area contributed by atoms with Gasteiger partial charge in [0.05, 0.1) is 15.1 Å². The molecule has 0 atom stereocenters. The zero-order valence-corrected chi connectivity index (χ0v) is 20.6. The lowest BCUT2D eigenvalue weighted by atomic mass is 9.98. The van der Waals surface area contributed by atoms with Crippen molar-refractivity contribution in [1.82, 2.24) is 8.87 Å². The van der Waals surface area contributed by atoms with Crippen LogP contribution in [0.15, 0.2) is 46.3 Å². The summed E-state index contributed by atoms with van der Waals surface area (Å²) in [6.07, 6.45) is 0.978. The number of fused-ring (bicyclic) bond motifs is 1. The molecule has 0 saturated carbocycles. The molecule has 4 rings (SSSR count). The van der Waals surface area contributed by atoms with Gasteiger partial charge in [0.15, 0.2) is 4.80 Å². The van der Waals surface area contributed by atoms with Crippen molar-refractivity contribution in [2.75, 3.05) is 13.1 Å². The molecule has 6 nitrogen and oxygen atoms in total. The fourth-order valence-electron chi connectivity index (χ4n) is 4.10. The summed E-state index contributed by atoms with van der Waals surface area (Å²) < 4.78 is 30.5. The summed E-state index contributed by atoms with van der Waals surface area (Å²) in [5.41, 5.74) is 4.57. The number of hydrogen-bond acceptors (Lipinski definition) is 4. The van der Waals surface area contributed by atoms with Crippen LogP contribution < -0.4 is 4.80 Å². The molecule has 2 aromatic carbocycles. The number of sulfonamides is 1. The molecule has 0 unspecified atom stereocenters. The van der Waals surface area contributed by atoms with E-state index < -0.39 is 10.0 Å². The van der Waals surface area contributed by atoms with E-state index in [0.717, 1.165) is 22.3 Å². The topological polar surface area (TPSA) is 71.7 Å². The van der Waals surface area contributed by atoms with Crippen molar-refractivity contribution in [3.63, 3.8) is 0 Å². The number of hydrogen-bond donors (Lipinski definition) is 0. The van der Waals surface area contributed by atoms with Gasteiger partial charge in [-0.25, -0.2) is 8.42 Å². The average Bonchev–Trinajstić information content (AvgIpc) is 3.10. The monoisotopic (exact) mass is 471 g/mol. The molecule has 0 aliphatic carbocycles. The maximum atomic E-state index is 13.0. The van der Waals surface area contributed by atoms with Gasteiger partial charge in [-0.15, -0.1) is 0 Å². The van der Waals surface area contributed by atoms with E-state index in [0.29, 0.717) is 35.6 Å². The highest BCUT2D eigenvalue weighted by atomic mass is 32.2. The van der Waals surface area contributed by atoms with Crippen LogP contribution in [0.25, 0.3) is 10.2 Å². The number of aryl methyl sites for hydroxylation is 4. The Morgan fingerprint density at radius 3 is 2.31 bits per heavy atom. The standard InChI is InChI=1S/C24H29N3O3S2/c1-5-27-21-14-17(3)18(4)15-22(21)31-24(27)25-23(28)19-10-12-26(13-11-19)32(29,30)20-8-6-16(2)7-9-20/h6-9,14-15,19H,5,10-13H2,1-4H3. The zero-order chi connectivity index (χ0) is 23.0. The normalized spacial score (nSPS) is 16.7. The van der Waals surface area contributed by atoms with Gasteiger partial charge in [-0.2, -0.15) is 9.30 Å². The fraction of sp³-hybridized carbons (Fsp3) is 0.417. The second kappa shape index (κ2) is 8.92. The highest BCUT2D eigenvalue weighted by Crippen LogP contribution is 2.26. The van der Waals surface area contributed by atoms with Gasteiger partial charge in [0.2, 0.25) is 10.0 Å². The molecular weight excluding hydrogens is 442 g/mol. The highest BCUT2D eigenvalue weighted by molar-refractivity contribution is 7.89. The van der Waals surface area contributed by atoms with E-state index in [1.807, 2.05) is 6.92 Å². The number of nitrogens with zero attached hydrogens (tertiary/aromatic N) is 3. The van der Waals surface area contributed by atoms with Gasteiger partial charge in [0, 0.05) is 25.6 Å². The minimum Gasteiger partial charge on any atom is -0.317 e. The Bertz CT molecular complexity index is 1330. The maximum Gasteiger partial charge on any atom is 0.251 e. The molecule has 8 heteroatoms. The number of piperidine rings is 1. The summed E-state index contributed by atoms with van der Waals surface area (Å²) in [6, 6.07) is 11.2. The van der Waals surface area contributed by atoms with Crippen LogP contribution in [0.1, 0.15) is 36.5 Å². The first-order valence-corrected chi connectivity index (χ1v) is 13.2. The molecular formula is C24H29N3O3S2. The number of carbonyl (C=O) groups is 1. The SMILES string of the molecule is CCn1c(=NC(=O)C2CCN(S(=O)(=O)c3ccc(C)cc3)CC2)sc2cc(C)c(C)cc21. The minimum atomic E-state index is -3.53. The van der Waals surface area contributed by atoms with Crippen molar-refractivity contribution in [3.8, 4) is 0 Å². The van der Waals surface area contributed by atoms with Gasteiger partial charge in [0.25, 0.3) is 5.91 Å². The quantitative estimate of drug-likeness (QED) is 0.573. The van der Waals surface area contributed by atoms with E-state index in [4.69, 9.17) is 0 Å². The van der Waals surface area contributed by atoms with Crippen molar-refractivity contribution in [2.45, 2.75) is 52.0 Å². The van der Waals surface area contributed by atoms with Gasteiger partial charge in [-0.05, 0) is 75.9 Å². The first-order valence-electron chi connectivity index (χ1n) is 11.0. The molecule has 1 amide bonds. The molecule has 1 aliphatic rings. The van der Waals surface area contributed by atoms with E-state index in [1.165, 1.54) is 26.8 Å². The lowest BCUT2D eigenvalue weighted by Crippen LogP contribution is -2.40. The van der Waals surface area contributed by atoms with Crippen molar-refractivity contribution >= 4 is 37.5 Å². The third-order valence-electron chi connectivity index (χ3n) is 6.28. The van der Waals surface area contributed by atoms with Crippen molar-refractivity contribution in [2.24, 2.45) is 10.9 Å².